The van der Waals surface area contributed by atoms with Crippen molar-refractivity contribution in [2.24, 2.45) is 0 Å². The van der Waals surface area contributed by atoms with Crippen molar-refractivity contribution >= 4 is 5.91 Å². The summed E-state index contributed by atoms with van der Waals surface area (Å²) < 4.78 is 5.51. The predicted molar refractivity (Wildman–Crippen MR) is 76.1 cm³/mol. The van der Waals surface area contributed by atoms with E-state index in [9.17, 15) is 4.79 Å². The molecule has 1 atom stereocenters. The minimum atomic E-state index is 0.142. The molecule has 1 aliphatic rings. The predicted octanol–water partition coefficient (Wildman–Crippen LogP) is 2.61. The Hall–Kier alpha value is -1.35. The second kappa shape index (κ2) is 7.29. The first kappa shape index (κ1) is 14.1. The lowest BCUT2D eigenvalue weighted by Gasteiger charge is -2.09. The van der Waals surface area contributed by atoms with Crippen LogP contribution in [-0.2, 0) is 16.0 Å². The number of carbonyl (C=O) groups excluding carboxylic acids is 1. The first-order valence-corrected chi connectivity index (χ1v) is 7.18. The molecular weight excluding hydrogens is 238 g/mol. The van der Waals surface area contributed by atoms with Gasteiger partial charge in [-0.2, -0.15) is 0 Å². The molecule has 104 valence electrons. The van der Waals surface area contributed by atoms with E-state index in [1.807, 2.05) is 0 Å². The van der Waals surface area contributed by atoms with Gasteiger partial charge in [0.2, 0.25) is 5.91 Å². The molecule has 19 heavy (non-hydrogen) atoms. The second-order valence-electron chi connectivity index (χ2n) is 5.26. The third kappa shape index (κ3) is 5.03. The number of ether oxygens (including phenoxy) is 1. The van der Waals surface area contributed by atoms with E-state index in [0.29, 0.717) is 19.1 Å². The number of hydrogen-bond acceptors (Lipinski definition) is 2. The molecule has 0 saturated carbocycles. The molecule has 1 saturated heterocycles. The van der Waals surface area contributed by atoms with Crippen LogP contribution < -0.4 is 5.32 Å². The van der Waals surface area contributed by atoms with E-state index in [1.54, 1.807) is 0 Å². The molecule has 2 rings (SSSR count). The summed E-state index contributed by atoms with van der Waals surface area (Å²) in [4.78, 5) is 11.7. The van der Waals surface area contributed by atoms with Crippen molar-refractivity contribution < 1.29 is 9.53 Å². The summed E-state index contributed by atoms with van der Waals surface area (Å²) in [5.41, 5.74) is 2.54. The van der Waals surface area contributed by atoms with Crippen LogP contribution in [-0.4, -0.2) is 25.2 Å². The summed E-state index contributed by atoms with van der Waals surface area (Å²) in [5, 5.41) is 2.98. The van der Waals surface area contributed by atoms with Crippen LogP contribution in [0.3, 0.4) is 0 Å². The Morgan fingerprint density at radius 2 is 2.37 bits per heavy atom. The smallest absolute Gasteiger partial charge is 0.220 e. The molecule has 1 aromatic carbocycles. The topological polar surface area (TPSA) is 38.3 Å². The quantitative estimate of drug-likeness (QED) is 0.855. The summed E-state index contributed by atoms with van der Waals surface area (Å²) in [6.07, 6.45) is 4.89. The summed E-state index contributed by atoms with van der Waals surface area (Å²) in [6, 6.07) is 8.41. The first-order chi connectivity index (χ1) is 9.24. The third-order valence-electron chi connectivity index (χ3n) is 3.54. The maximum absolute atomic E-state index is 11.7. The Morgan fingerprint density at radius 1 is 1.47 bits per heavy atom. The van der Waals surface area contributed by atoms with Crippen LogP contribution in [0.5, 0.6) is 0 Å². The highest BCUT2D eigenvalue weighted by molar-refractivity contribution is 5.75. The van der Waals surface area contributed by atoms with Crippen LogP contribution in [0, 0.1) is 6.92 Å². The van der Waals surface area contributed by atoms with Crippen molar-refractivity contribution in [1.29, 1.82) is 0 Å². The molecule has 0 aliphatic carbocycles. The number of rotatable bonds is 6. The number of benzene rings is 1. The molecule has 3 heteroatoms. The maximum Gasteiger partial charge on any atom is 0.220 e. The Bertz CT molecular complexity index is 411. The zero-order chi connectivity index (χ0) is 13.5. The number of carbonyl (C=O) groups is 1. The molecule has 1 heterocycles. The van der Waals surface area contributed by atoms with Gasteiger partial charge in [-0.25, -0.2) is 0 Å². The standard InChI is InChI=1S/C16H23NO2/c1-13-4-2-5-14(12-13)9-10-17-16(18)8-7-15-6-3-11-19-15/h2,4-5,12,15H,3,6-11H2,1H3,(H,17,18)/t15-/m0/s1. The molecule has 3 nitrogen and oxygen atoms in total. The molecule has 1 amide bonds. The summed E-state index contributed by atoms with van der Waals surface area (Å²) in [7, 11) is 0. The number of hydrogen-bond donors (Lipinski definition) is 1. The lowest BCUT2D eigenvalue weighted by Crippen LogP contribution is -2.26. The molecule has 0 unspecified atom stereocenters. The summed E-state index contributed by atoms with van der Waals surface area (Å²) >= 11 is 0. The monoisotopic (exact) mass is 261 g/mol. The molecule has 1 fully saturated rings. The van der Waals surface area contributed by atoms with Gasteiger partial charge in [-0.05, 0) is 38.2 Å². The number of amides is 1. The van der Waals surface area contributed by atoms with Crippen molar-refractivity contribution in [3.8, 4) is 0 Å². The van der Waals surface area contributed by atoms with E-state index in [0.717, 1.165) is 32.3 Å². The van der Waals surface area contributed by atoms with E-state index < -0.39 is 0 Å². The number of aryl methyl sites for hydroxylation is 1. The SMILES string of the molecule is Cc1cccc(CCNC(=O)CC[C@@H]2CCCO2)c1. The van der Waals surface area contributed by atoms with Gasteiger partial charge in [-0.3, -0.25) is 4.79 Å². The second-order valence-corrected chi connectivity index (χ2v) is 5.26. The highest BCUT2D eigenvalue weighted by atomic mass is 16.5. The highest BCUT2D eigenvalue weighted by Crippen LogP contribution is 2.16. The minimum Gasteiger partial charge on any atom is -0.378 e. The van der Waals surface area contributed by atoms with E-state index in [-0.39, 0.29) is 5.91 Å². The van der Waals surface area contributed by atoms with Crippen molar-refractivity contribution in [3.05, 3.63) is 35.4 Å². The van der Waals surface area contributed by atoms with E-state index in [2.05, 4.69) is 36.5 Å². The molecule has 0 bridgehead atoms. The third-order valence-corrected chi connectivity index (χ3v) is 3.54. The lowest BCUT2D eigenvalue weighted by atomic mass is 10.1. The van der Waals surface area contributed by atoms with Gasteiger partial charge < -0.3 is 10.1 Å². The molecule has 0 spiro atoms. The number of nitrogens with one attached hydrogen (secondary N) is 1. The van der Waals surface area contributed by atoms with Crippen molar-refractivity contribution in [1.82, 2.24) is 5.32 Å². The first-order valence-electron chi connectivity index (χ1n) is 7.18. The lowest BCUT2D eigenvalue weighted by molar-refractivity contribution is -0.121. The Balaban J connectivity index is 1.60. The van der Waals surface area contributed by atoms with Gasteiger partial charge in [-0.1, -0.05) is 29.8 Å². The molecule has 0 radical (unpaired) electrons. The van der Waals surface area contributed by atoms with Gasteiger partial charge >= 0.3 is 0 Å². The molecule has 1 aromatic rings. The average Bonchev–Trinajstić information content (AvgIpc) is 2.89. The highest BCUT2D eigenvalue weighted by Gasteiger charge is 2.16. The minimum absolute atomic E-state index is 0.142. The van der Waals surface area contributed by atoms with Gasteiger partial charge in [0, 0.05) is 19.6 Å². The fourth-order valence-corrected chi connectivity index (χ4v) is 2.47. The fraction of sp³-hybridized carbons (Fsp3) is 0.562. The molecular formula is C16H23NO2. The van der Waals surface area contributed by atoms with Crippen LogP contribution in [0.4, 0.5) is 0 Å². The van der Waals surface area contributed by atoms with Crippen molar-refractivity contribution in [2.75, 3.05) is 13.2 Å². The van der Waals surface area contributed by atoms with Gasteiger partial charge in [-0.15, -0.1) is 0 Å². The van der Waals surface area contributed by atoms with E-state index in [1.165, 1.54) is 11.1 Å². The largest absolute Gasteiger partial charge is 0.378 e. The normalized spacial score (nSPS) is 18.5. The van der Waals surface area contributed by atoms with Crippen LogP contribution >= 0.6 is 0 Å². The van der Waals surface area contributed by atoms with Gasteiger partial charge in [0.15, 0.2) is 0 Å². The molecule has 1 aliphatic heterocycles. The van der Waals surface area contributed by atoms with Crippen molar-refractivity contribution in [3.63, 3.8) is 0 Å². The van der Waals surface area contributed by atoms with Crippen molar-refractivity contribution in [2.45, 2.75) is 45.1 Å². The van der Waals surface area contributed by atoms with Gasteiger partial charge in [0.05, 0.1) is 6.10 Å². The summed E-state index contributed by atoms with van der Waals surface area (Å²) in [6.45, 7) is 3.66. The van der Waals surface area contributed by atoms with E-state index in [4.69, 9.17) is 4.74 Å². The summed E-state index contributed by atoms with van der Waals surface area (Å²) in [5.74, 6) is 0.142. The van der Waals surface area contributed by atoms with E-state index >= 15 is 0 Å². The fourth-order valence-electron chi connectivity index (χ4n) is 2.47. The zero-order valence-corrected chi connectivity index (χ0v) is 11.7. The van der Waals surface area contributed by atoms with Crippen LogP contribution in [0.15, 0.2) is 24.3 Å². The zero-order valence-electron chi connectivity index (χ0n) is 11.7. The average molecular weight is 261 g/mol. The van der Waals surface area contributed by atoms with Crippen LogP contribution in [0.25, 0.3) is 0 Å². The van der Waals surface area contributed by atoms with Crippen LogP contribution in [0.1, 0.15) is 36.8 Å². The Kier molecular flexibility index (Phi) is 5.40. The van der Waals surface area contributed by atoms with Gasteiger partial charge in [0.1, 0.15) is 0 Å². The van der Waals surface area contributed by atoms with Gasteiger partial charge in [0.25, 0.3) is 0 Å². The maximum atomic E-state index is 11.7. The van der Waals surface area contributed by atoms with Crippen LogP contribution in [0.2, 0.25) is 0 Å². The molecule has 1 N–H and O–H groups in total. The Labute approximate surface area is 115 Å². The Morgan fingerprint density at radius 3 is 3.11 bits per heavy atom. The molecule has 0 aromatic heterocycles.